The van der Waals surface area contributed by atoms with E-state index in [0.29, 0.717) is 19.1 Å². The van der Waals surface area contributed by atoms with Gasteiger partial charge in [0.25, 0.3) is 0 Å². The van der Waals surface area contributed by atoms with Gasteiger partial charge in [-0.1, -0.05) is 26.0 Å². The molecular formula is C12H19NO. The first-order valence-corrected chi connectivity index (χ1v) is 5.18. The molecule has 1 rings (SSSR count). The second-order valence-corrected chi connectivity index (χ2v) is 3.65. The van der Waals surface area contributed by atoms with Gasteiger partial charge in [-0.05, 0) is 30.7 Å². The molecule has 0 bridgehead atoms. The van der Waals surface area contributed by atoms with Crippen LogP contribution >= 0.6 is 0 Å². The van der Waals surface area contributed by atoms with Gasteiger partial charge >= 0.3 is 0 Å². The zero-order chi connectivity index (χ0) is 10.4. The molecule has 0 saturated carbocycles. The van der Waals surface area contributed by atoms with Gasteiger partial charge in [0.05, 0.1) is 6.61 Å². The van der Waals surface area contributed by atoms with Crippen LogP contribution in [0.25, 0.3) is 0 Å². The Morgan fingerprint density at radius 1 is 1.43 bits per heavy atom. The Morgan fingerprint density at radius 3 is 2.86 bits per heavy atom. The quantitative estimate of drug-likeness (QED) is 0.778. The van der Waals surface area contributed by atoms with Crippen LogP contribution in [0.15, 0.2) is 24.3 Å². The molecule has 0 radical (unpaired) electrons. The van der Waals surface area contributed by atoms with Crippen LogP contribution in [0, 0.1) is 5.92 Å². The lowest BCUT2D eigenvalue weighted by Gasteiger charge is -2.11. The molecule has 0 aliphatic carbocycles. The molecule has 2 nitrogen and oxygen atoms in total. The van der Waals surface area contributed by atoms with Gasteiger partial charge in [-0.15, -0.1) is 0 Å². The van der Waals surface area contributed by atoms with Gasteiger partial charge in [0, 0.05) is 5.92 Å². The van der Waals surface area contributed by atoms with Gasteiger partial charge in [-0.25, -0.2) is 0 Å². The minimum Gasteiger partial charge on any atom is -0.493 e. The molecule has 1 atom stereocenters. The summed E-state index contributed by atoms with van der Waals surface area (Å²) < 4.78 is 5.62. The third-order valence-corrected chi connectivity index (χ3v) is 2.24. The summed E-state index contributed by atoms with van der Waals surface area (Å²) in [7, 11) is 0. The Hall–Kier alpha value is -1.02. The summed E-state index contributed by atoms with van der Waals surface area (Å²) in [6.07, 6.45) is 1.05. The minimum atomic E-state index is 0.417. The topological polar surface area (TPSA) is 35.2 Å². The van der Waals surface area contributed by atoms with Crippen molar-refractivity contribution in [3.05, 3.63) is 29.8 Å². The van der Waals surface area contributed by atoms with Crippen LogP contribution in [0.4, 0.5) is 0 Å². The van der Waals surface area contributed by atoms with E-state index < -0.39 is 0 Å². The highest BCUT2D eigenvalue weighted by Gasteiger charge is 2.00. The first-order chi connectivity index (χ1) is 6.76. The number of hydrogen-bond acceptors (Lipinski definition) is 2. The monoisotopic (exact) mass is 193 g/mol. The summed E-state index contributed by atoms with van der Waals surface area (Å²) in [6.45, 7) is 5.60. The Bertz CT molecular complexity index is 273. The molecule has 0 unspecified atom stereocenters. The molecule has 78 valence electrons. The lowest BCUT2D eigenvalue weighted by atomic mass is 10.1. The van der Waals surface area contributed by atoms with E-state index in [-0.39, 0.29) is 0 Å². The third kappa shape index (κ3) is 3.38. The molecule has 0 fully saturated rings. The van der Waals surface area contributed by atoms with Crippen molar-refractivity contribution in [2.75, 3.05) is 13.2 Å². The van der Waals surface area contributed by atoms with E-state index in [2.05, 4.69) is 26.0 Å². The van der Waals surface area contributed by atoms with Crippen molar-refractivity contribution in [3.63, 3.8) is 0 Å². The molecular weight excluding hydrogens is 174 g/mol. The number of rotatable bonds is 5. The number of ether oxygens (including phenoxy) is 1. The van der Waals surface area contributed by atoms with Crippen molar-refractivity contribution >= 4 is 0 Å². The van der Waals surface area contributed by atoms with Crippen molar-refractivity contribution in [3.8, 4) is 5.75 Å². The normalized spacial score (nSPS) is 12.5. The van der Waals surface area contributed by atoms with Gasteiger partial charge in [0.1, 0.15) is 5.75 Å². The second-order valence-electron chi connectivity index (χ2n) is 3.65. The molecule has 1 aromatic carbocycles. The molecule has 1 aromatic rings. The maximum atomic E-state index is 5.62. The molecule has 14 heavy (non-hydrogen) atoms. The van der Waals surface area contributed by atoms with E-state index in [1.807, 2.05) is 12.1 Å². The van der Waals surface area contributed by atoms with E-state index in [9.17, 15) is 0 Å². The summed E-state index contributed by atoms with van der Waals surface area (Å²) in [6, 6.07) is 8.21. The van der Waals surface area contributed by atoms with Gasteiger partial charge in [-0.2, -0.15) is 0 Å². The summed E-state index contributed by atoms with van der Waals surface area (Å²) in [5.41, 5.74) is 6.82. The average Bonchev–Trinajstić information content (AvgIpc) is 2.26. The smallest absolute Gasteiger partial charge is 0.119 e. The third-order valence-electron chi connectivity index (χ3n) is 2.24. The van der Waals surface area contributed by atoms with Gasteiger partial charge in [-0.3, -0.25) is 0 Å². The number of nitrogens with two attached hydrogens (primary N) is 1. The SMILES string of the molecule is CCc1cccc(OC[C@H](C)CN)c1. The maximum absolute atomic E-state index is 5.62. The van der Waals surface area contributed by atoms with Crippen molar-refractivity contribution in [1.29, 1.82) is 0 Å². The zero-order valence-corrected chi connectivity index (χ0v) is 8.99. The van der Waals surface area contributed by atoms with Crippen LogP contribution in [-0.2, 0) is 6.42 Å². The fraction of sp³-hybridized carbons (Fsp3) is 0.500. The molecule has 0 aliphatic heterocycles. The lowest BCUT2D eigenvalue weighted by molar-refractivity contribution is 0.264. The van der Waals surface area contributed by atoms with Crippen LogP contribution in [0.2, 0.25) is 0 Å². The van der Waals surface area contributed by atoms with Crippen LogP contribution in [0.3, 0.4) is 0 Å². The van der Waals surface area contributed by atoms with Gasteiger partial charge in [0.2, 0.25) is 0 Å². The summed E-state index contributed by atoms with van der Waals surface area (Å²) in [5, 5.41) is 0. The van der Waals surface area contributed by atoms with E-state index >= 15 is 0 Å². The van der Waals surface area contributed by atoms with Crippen molar-refractivity contribution < 1.29 is 4.74 Å². The van der Waals surface area contributed by atoms with Crippen LogP contribution < -0.4 is 10.5 Å². The highest BCUT2D eigenvalue weighted by molar-refractivity contribution is 5.28. The first-order valence-electron chi connectivity index (χ1n) is 5.18. The Morgan fingerprint density at radius 2 is 2.21 bits per heavy atom. The zero-order valence-electron chi connectivity index (χ0n) is 8.99. The van der Waals surface area contributed by atoms with Crippen LogP contribution in [-0.4, -0.2) is 13.2 Å². The fourth-order valence-corrected chi connectivity index (χ4v) is 1.16. The minimum absolute atomic E-state index is 0.417. The fourth-order valence-electron chi connectivity index (χ4n) is 1.16. The van der Waals surface area contributed by atoms with E-state index in [1.165, 1.54) is 5.56 Å². The van der Waals surface area contributed by atoms with Crippen LogP contribution in [0.1, 0.15) is 19.4 Å². The molecule has 2 N–H and O–H groups in total. The Balaban J connectivity index is 2.50. The van der Waals surface area contributed by atoms with E-state index in [4.69, 9.17) is 10.5 Å². The molecule has 0 aliphatic rings. The largest absolute Gasteiger partial charge is 0.493 e. The summed E-state index contributed by atoms with van der Waals surface area (Å²) >= 11 is 0. The number of benzene rings is 1. The first kappa shape index (κ1) is 11.1. The standard InChI is InChI=1S/C12H19NO/c1-3-11-5-4-6-12(7-11)14-9-10(2)8-13/h4-7,10H,3,8-9,13H2,1-2H3/t10-/m1/s1. The molecule has 0 amide bonds. The maximum Gasteiger partial charge on any atom is 0.119 e. The highest BCUT2D eigenvalue weighted by Crippen LogP contribution is 2.14. The molecule has 0 spiro atoms. The Labute approximate surface area is 86.1 Å². The van der Waals surface area contributed by atoms with E-state index in [0.717, 1.165) is 12.2 Å². The molecule has 0 saturated heterocycles. The molecule has 0 aromatic heterocycles. The average molecular weight is 193 g/mol. The van der Waals surface area contributed by atoms with Gasteiger partial charge in [0.15, 0.2) is 0 Å². The number of hydrogen-bond donors (Lipinski definition) is 1. The summed E-state index contributed by atoms with van der Waals surface area (Å²) in [4.78, 5) is 0. The molecule has 2 heteroatoms. The number of aryl methyl sites for hydroxylation is 1. The van der Waals surface area contributed by atoms with Crippen molar-refractivity contribution in [2.24, 2.45) is 11.7 Å². The Kier molecular flexibility index (Phi) is 4.47. The second kappa shape index (κ2) is 5.66. The summed E-state index contributed by atoms with van der Waals surface area (Å²) in [5.74, 6) is 1.37. The molecule has 0 heterocycles. The highest BCUT2D eigenvalue weighted by atomic mass is 16.5. The lowest BCUT2D eigenvalue weighted by Crippen LogP contribution is -2.18. The predicted octanol–water partition coefficient (Wildman–Crippen LogP) is 2.22. The van der Waals surface area contributed by atoms with Crippen molar-refractivity contribution in [2.45, 2.75) is 20.3 Å². The van der Waals surface area contributed by atoms with Crippen molar-refractivity contribution in [1.82, 2.24) is 0 Å². The van der Waals surface area contributed by atoms with E-state index in [1.54, 1.807) is 0 Å². The predicted molar refractivity (Wildman–Crippen MR) is 59.5 cm³/mol. The van der Waals surface area contributed by atoms with Gasteiger partial charge < -0.3 is 10.5 Å². The van der Waals surface area contributed by atoms with Crippen LogP contribution in [0.5, 0.6) is 5.75 Å².